The van der Waals surface area contributed by atoms with Gasteiger partial charge in [-0.25, -0.2) is 0 Å². The molecule has 0 fully saturated rings. The third-order valence-electron chi connectivity index (χ3n) is 2.63. The smallest absolute Gasteiger partial charge is 0.260 e. The van der Waals surface area contributed by atoms with Crippen LogP contribution in [0.15, 0.2) is 47.2 Å². The Bertz CT molecular complexity index is 712. The number of benzene rings is 1. The molecule has 0 radical (unpaired) electrons. The number of anilines is 1. The number of nitrogens with two attached hydrogens (primary N) is 1. The highest BCUT2D eigenvalue weighted by Crippen LogP contribution is 2.31. The summed E-state index contributed by atoms with van der Waals surface area (Å²) in [6, 6.07) is 8.92. The van der Waals surface area contributed by atoms with Crippen LogP contribution in [-0.4, -0.2) is 15.1 Å². The van der Waals surface area contributed by atoms with Gasteiger partial charge in [0, 0.05) is 18.0 Å². The summed E-state index contributed by atoms with van der Waals surface area (Å²) in [7, 11) is 0. The fraction of sp³-hybridized carbons (Fsp3) is 0. The van der Waals surface area contributed by atoms with E-state index in [4.69, 9.17) is 21.9 Å². The minimum atomic E-state index is 0.332. The number of hydrogen-bond donors (Lipinski definition) is 1. The molecule has 3 rings (SSSR count). The van der Waals surface area contributed by atoms with Gasteiger partial charge in [-0.1, -0.05) is 22.8 Å². The number of para-hydroxylation sites is 1. The molecule has 0 aliphatic heterocycles. The molecule has 2 aromatic heterocycles. The Morgan fingerprint density at radius 2 is 2.05 bits per heavy atom. The maximum Gasteiger partial charge on any atom is 0.260 e. The normalized spacial score (nSPS) is 10.6. The Morgan fingerprint density at radius 1 is 1.16 bits per heavy atom. The Balaban J connectivity index is 2.05. The number of rotatable bonds is 2. The highest BCUT2D eigenvalue weighted by molar-refractivity contribution is 6.33. The molecule has 94 valence electrons. The van der Waals surface area contributed by atoms with Crippen molar-refractivity contribution in [1.82, 2.24) is 15.1 Å². The van der Waals surface area contributed by atoms with Gasteiger partial charge in [0.1, 0.15) is 0 Å². The van der Waals surface area contributed by atoms with Crippen LogP contribution in [0, 0.1) is 0 Å². The zero-order valence-corrected chi connectivity index (χ0v) is 10.5. The summed E-state index contributed by atoms with van der Waals surface area (Å²) in [5, 5.41) is 4.37. The van der Waals surface area contributed by atoms with Gasteiger partial charge >= 0.3 is 0 Å². The van der Waals surface area contributed by atoms with Crippen molar-refractivity contribution in [3.63, 3.8) is 0 Å². The van der Waals surface area contributed by atoms with Gasteiger partial charge in [0.2, 0.25) is 5.82 Å². The van der Waals surface area contributed by atoms with Crippen LogP contribution >= 0.6 is 11.6 Å². The van der Waals surface area contributed by atoms with Crippen LogP contribution in [0.2, 0.25) is 5.02 Å². The van der Waals surface area contributed by atoms with Crippen molar-refractivity contribution >= 4 is 17.3 Å². The topological polar surface area (TPSA) is 77.8 Å². The molecule has 0 spiro atoms. The molecule has 0 saturated carbocycles. The second kappa shape index (κ2) is 4.70. The van der Waals surface area contributed by atoms with Gasteiger partial charge in [0.05, 0.1) is 16.3 Å². The highest BCUT2D eigenvalue weighted by atomic mass is 35.5. The average molecular weight is 273 g/mol. The fourth-order valence-corrected chi connectivity index (χ4v) is 1.84. The van der Waals surface area contributed by atoms with E-state index >= 15 is 0 Å². The van der Waals surface area contributed by atoms with E-state index in [0.29, 0.717) is 28.0 Å². The maximum atomic E-state index is 5.96. The number of aromatic nitrogens is 3. The number of halogens is 1. The molecule has 0 atom stereocenters. The average Bonchev–Trinajstić information content (AvgIpc) is 2.92. The van der Waals surface area contributed by atoms with Crippen LogP contribution in [0.5, 0.6) is 0 Å². The fourth-order valence-electron chi connectivity index (χ4n) is 1.67. The van der Waals surface area contributed by atoms with Gasteiger partial charge in [-0.2, -0.15) is 4.98 Å². The molecular formula is C13H9ClN4O. The predicted molar refractivity (Wildman–Crippen MR) is 72.4 cm³/mol. The maximum absolute atomic E-state index is 5.96. The lowest BCUT2D eigenvalue weighted by Crippen LogP contribution is -1.91. The summed E-state index contributed by atoms with van der Waals surface area (Å²) in [6.45, 7) is 0. The van der Waals surface area contributed by atoms with E-state index in [-0.39, 0.29) is 0 Å². The molecule has 0 amide bonds. The molecule has 0 aliphatic carbocycles. The van der Waals surface area contributed by atoms with Crippen LogP contribution < -0.4 is 5.73 Å². The second-order valence-electron chi connectivity index (χ2n) is 3.87. The van der Waals surface area contributed by atoms with Crippen molar-refractivity contribution in [2.24, 2.45) is 0 Å². The summed E-state index contributed by atoms with van der Waals surface area (Å²) >= 11 is 5.96. The molecule has 1 aromatic carbocycles. The minimum Gasteiger partial charge on any atom is -0.397 e. The quantitative estimate of drug-likeness (QED) is 0.726. The summed E-state index contributed by atoms with van der Waals surface area (Å²) in [5.41, 5.74) is 7.71. The van der Waals surface area contributed by atoms with Crippen LogP contribution in [0.25, 0.3) is 22.8 Å². The van der Waals surface area contributed by atoms with E-state index in [1.807, 2.05) is 6.07 Å². The van der Waals surface area contributed by atoms with Crippen LogP contribution in [0.4, 0.5) is 5.69 Å². The van der Waals surface area contributed by atoms with E-state index in [1.54, 1.807) is 36.7 Å². The molecule has 19 heavy (non-hydrogen) atoms. The first-order chi connectivity index (χ1) is 9.25. The zero-order valence-electron chi connectivity index (χ0n) is 9.75. The number of pyridine rings is 1. The van der Waals surface area contributed by atoms with E-state index in [9.17, 15) is 0 Å². The third kappa shape index (κ3) is 2.15. The molecule has 0 saturated heterocycles. The number of nitrogens with zero attached hydrogens (tertiary/aromatic N) is 3. The molecule has 0 bridgehead atoms. The number of nitrogen functional groups attached to an aromatic ring is 1. The first-order valence-electron chi connectivity index (χ1n) is 5.54. The zero-order chi connectivity index (χ0) is 13.2. The van der Waals surface area contributed by atoms with Gasteiger partial charge in [-0.15, -0.1) is 0 Å². The Hall–Kier alpha value is -2.40. The lowest BCUT2D eigenvalue weighted by Gasteiger charge is -2.01. The van der Waals surface area contributed by atoms with Gasteiger partial charge < -0.3 is 10.3 Å². The molecule has 5 nitrogen and oxygen atoms in total. The molecule has 6 heteroatoms. The summed E-state index contributed by atoms with van der Waals surface area (Å²) in [4.78, 5) is 8.30. The van der Waals surface area contributed by atoms with Crippen molar-refractivity contribution in [2.45, 2.75) is 0 Å². The van der Waals surface area contributed by atoms with Crippen LogP contribution in [-0.2, 0) is 0 Å². The third-order valence-corrected chi connectivity index (χ3v) is 2.96. The van der Waals surface area contributed by atoms with Crippen LogP contribution in [0.3, 0.4) is 0 Å². The van der Waals surface area contributed by atoms with Crippen molar-refractivity contribution < 1.29 is 4.52 Å². The molecule has 3 aromatic rings. The van der Waals surface area contributed by atoms with Gasteiger partial charge in [0.15, 0.2) is 0 Å². The van der Waals surface area contributed by atoms with Gasteiger partial charge in [-0.05, 0) is 24.3 Å². The Morgan fingerprint density at radius 3 is 2.84 bits per heavy atom. The molecule has 2 heterocycles. The second-order valence-corrected chi connectivity index (χ2v) is 4.27. The predicted octanol–water partition coefficient (Wildman–Crippen LogP) is 3.03. The molecule has 0 unspecified atom stereocenters. The lowest BCUT2D eigenvalue weighted by atomic mass is 10.2. The summed E-state index contributed by atoms with van der Waals surface area (Å²) < 4.78 is 5.21. The standard InChI is InChI=1S/C13H9ClN4O/c14-10-5-1-4-9(11(10)15)13-17-12(18-19-13)8-3-2-6-16-7-8/h1-7H,15H2. The first-order valence-corrected chi connectivity index (χ1v) is 5.92. The van der Waals surface area contributed by atoms with Gasteiger partial charge in [-0.3, -0.25) is 4.98 Å². The SMILES string of the molecule is Nc1c(Cl)cccc1-c1nc(-c2cccnc2)no1. The van der Waals surface area contributed by atoms with E-state index in [2.05, 4.69) is 15.1 Å². The van der Waals surface area contributed by atoms with Crippen molar-refractivity contribution in [3.05, 3.63) is 47.7 Å². The number of hydrogen-bond acceptors (Lipinski definition) is 5. The monoisotopic (exact) mass is 272 g/mol. The highest BCUT2D eigenvalue weighted by Gasteiger charge is 2.14. The summed E-state index contributed by atoms with van der Waals surface area (Å²) in [6.07, 6.45) is 3.34. The Labute approximate surface area is 114 Å². The largest absolute Gasteiger partial charge is 0.397 e. The summed E-state index contributed by atoms with van der Waals surface area (Å²) in [5.74, 6) is 0.793. The molecular weight excluding hydrogens is 264 g/mol. The minimum absolute atomic E-state index is 0.332. The van der Waals surface area contributed by atoms with E-state index in [1.165, 1.54) is 0 Å². The van der Waals surface area contributed by atoms with E-state index in [0.717, 1.165) is 5.56 Å². The Kier molecular flexibility index (Phi) is 2.89. The lowest BCUT2D eigenvalue weighted by molar-refractivity contribution is 0.432. The van der Waals surface area contributed by atoms with Crippen molar-refractivity contribution in [3.8, 4) is 22.8 Å². The van der Waals surface area contributed by atoms with Gasteiger partial charge in [0.25, 0.3) is 5.89 Å². The van der Waals surface area contributed by atoms with Crippen LogP contribution in [0.1, 0.15) is 0 Å². The first kappa shape index (κ1) is 11.7. The molecule has 0 aliphatic rings. The van der Waals surface area contributed by atoms with Crippen molar-refractivity contribution in [1.29, 1.82) is 0 Å². The van der Waals surface area contributed by atoms with Crippen molar-refractivity contribution in [2.75, 3.05) is 5.73 Å². The van der Waals surface area contributed by atoms with E-state index < -0.39 is 0 Å². The molecule has 2 N–H and O–H groups in total.